The van der Waals surface area contributed by atoms with E-state index >= 15 is 0 Å². The summed E-state index contributed by atoms with van der Waals surface area (Å²) >= 11 is 6.23. The number of nitrogens with zero attached hydrogens (tertiary/aromatic N) is 4. The smallest absolute Gasteiger partial charge is 0.371 e. The topological polar surface area (TPSA) is 73.4 Å². The first kappa shape index (κ1) is 20.0. The molecule has 0 aromatic heterocycles. The second-order valence-electron chi connectivity index (χ2n) is 7.67. The third-order valence-corrected chi connectivity index (χ3v) is 5.93. The third kappa shape index (κ3) is 4.48. The lowest BCUT2D eigenvalue weighted by Gasteiger charge is -2.35. The molecule has 0 saturated carbocycles. The van der Waals surface area contributed by atoms with Gasteiger partial charge in [0.05, 0.1) is 0 Å². The van der Waals surface area contributed by atoms with Crippen molar-refractivity contribution in [3.05, 3.63) is 28.8 Å². The second-order valence-corrected chi connectivity index (χ2v) is 8.11. The zero-order valence-corrected chi connectivity index (χ0v) is 17.1. The minimum atomic E-state index is -0.641. The Morgan fingerprint density at radius 2 is 1.62 bits per heavy atom. The highest BCUT2D eigenvalue weighted by Crippen LogP contribution is 2.29. The van der Waals surface area contributed by atoms with Gasteiger partial charge in [0.15, 0.2) is 0 Å². The molecule has 0 bridgehead atoms. The standard InChI is InChI=1S/C20H25ClN4O4/c21-16-4-3-15(17(13-16)23-7-1-2-8-23)14-22-9-11-24(12-10-22)20(28)29-25-18(26)5-6-19(25)27/h3-4,13H,1-2,5-12,14H2. The zero-order chi connectivity index (χ0) is 20.4. The molecule has 9 heteroatoms. The lowest BCUT2D eigenvalue weighted by Crippen LogP contribution is -2.50. The normalized spacial score (nSPS) is 20.7. The van der Waals surface area contributed by atoms with E-state index in [4.69, 9.17) is 16.4 Å². The summed E-state index contributed by atoms with van der Waals surface area (Å²) in [5, 5.41) is 1.35. The number of carbonyl (C=O) groups is 3. The van der Waals surface area contributed by atoms with E-state index in [0.717, 1.165) is 24.7 Å². The maximum atomic E-state index is 12.3. The van der Waals surface area contributed by atoms with E-state index in [1.807, 2.05) is 12.1 Å². The van der Waals surface area contributed by atoms with E-state index in [1.165, 1.54) is 24.1 Å². The predicted molar refractivity (Wildman–Crippen MR) is 107 cm³/mol. The van der Waals surface area contributed by atoms with Gasteiger partial charge in [-0.05, 0) is 30.5 Å². The Morgan fingerprint density at radius 1 is 0.966 bits per heavy atom. The zero-order valence-electron chi connectivity index (χ0n) is 16.3. The highest BCUT2D eigenvalue weighted by atomic mass is 35.5. The summed E-state index contributed by atoms with van der Waals surface area (Å²) in [7, 11) is 0. The molecule has 156 valence electrons. The van der Waals surface area contributed by atoms with Gasteiger partial charge in [-0.25, -0.2) is 4.79 Å². The van der Waals surface area contributed by atoms with E-state index in [2.05, 4.69) is 15.9 Å². The van der Waals surface area contributed by atoms with Gasteiger partial charge in [-0.3, -0.25) is 14.5 Å². The summed E-state index contributed by atoms with van der Waals surface area (Å²) in [6, 6.07) is 6.05. The number of hydrogen-bond acceptors (Lipinski definition) is 6. The number of rotatable bonds is 4. The van der Waals surface area contributed by atoms with Crippen LogP contribution in [0, 0.1) is 0 Å². The van der Waals surface area contributed by atoms with Crippen LogP contribution in [0.1, 0.15) is 31.2 Å². The Hall–Kier alpha value is -2.32. The van der Waals surface area contributed by atoms with Crippen molar-refractivity contribution in [3.8, 4) is 0 Å². The lowest BCUT2D eigenvalue weighted by atomic mass is 10.1. The second kappa shape index (κ2) is 8.59. The van der Waals surface area contributed by atoms with Gasteiger partial charge in [-0.1, -0.05) is 17.7 Å². The van der Waals surface area contributed by atoms with E-state index in [1.54, 1.807) is 4.90 Å². The minimum Gasteiger partial charge on any atom is -0.371 e. The van der Waals surface area contributed by atoms with E-state index < -0.39 is 17.9 Å². The molecule has 3 fully saturated rings. The van der Waals surface area contributed by atoms with Crippen molar-refractivity contribution in [2.24, 2.45) is 0 Å². The molecule has 29 heavy (non-hydrogen) atoms. The maximum absolute atomic E-state index is 12.3. The monoisotopic (exact) mass is 420 g/mol. The molecule has 1 aromatic carbocycles. The summed E-state index contributed by atoms with van der Waals surface area (Å²) in [5.41, 5.74) is 2.43. The van der Waals surface area contributed by atoms with Crippen LogP contribution in [-0.2, 0) is 21.0 Å². The van der Waals surface area contributed by atoms with Gasteiger partial charge in [0.1, 0.15) is 0 Å². The molecular weight excluding hydrogens is 396 g/mol. The van der Waals surface area contributed by atoms with Gasteiger partial charge < -0.3 is 14.6 Å². The first-order valence-corrected chi connectivity index (χ1v) is 10.5. The summed E-state index contributed by atoms with van der Waals surface area (Å²) < 4.78 is 0. The van der Waals surface area contributed by atoms with Crippen LogP contribution in [0.15, 0.2) is 18.2 Å². The molecule has 3 aliphatic heterocycles. The molecular formula is C20H25ClN4O4. The quantitative estimate of drug-likeness (QED) is 0.696. The number of carbonyl (C=O) groups excluding carboxylic acids is 3. The van der Waals surface area contributed by atoms with E-state index in [-0.39, 0.29) is 12.8 Å². The van der Waals surface area contributed by atoms with Crippen LogP contribution in [0.2, 0.25) is 5.02 Å². The van der Waals surface area contributed by atoms with Crippen molar-refractivity contribution in [2.75, 3.05) is 44.2 Å². The number of anilines is 1. The van der Waals surface area contributed by atoms with Crippen molar-refractivity contribution < 1.29 is 19.2 Å². The number of piperazine rings is 1. The minimum absolute atomic E-state index is 0.0976. The molecule has 3 aliphatic rings. The van der Waals surface area contributed by atoms with Crippen molar-refractivity contribution in [2.45, 2.75) is 32.2 Å². The lowest BCUT2D eigenvalue weighted by molar-refractivity contribution is -0.174. The van der Waals surface area contributed by atoms with Crippen LogP contribution in [0.4, 0.5) is 10.5 Å². The van der Waals surface area contributed by atoms with E-state index in [0.29, 0.717) is 31.2 Å². The fourth-order valence-corrected chi connectivity index (χ4v) is 4.21. The highest BCUT2D eigenvalue weighted by Gasteiger charge is 2.35. The molecule has 3 saturated heterocycles. The summed E-state index contributed by atoms with van der Waals surface area (Å²) in [6.07, 6.45) is 1.96. The third-order valence-electron chi connectivity index (χ3n) is 5.69. The van der Waals surface area contributed by atoms with Crippen molar-refractivity contribution in [1.82, 2.24) is 14.9 Å². The van der Waals surface area contributed by atoms with Gasteiger partial charge >= 0.3 is 6.09 Å². The van der Waals surface area contributed by atoms with Crippen LogP contribution >= 0.6 is 11.6 Å². The SMILES string of the molecule is O=C(ON1C(=O)CCC1=O)N1CCN(Cc2ccc(Cl)cc2N2CCCC2)CC1. The molecule has 3 heterocycles. The van der Waals surface area contributed by atoms with Crippen molar-refractivity contribution in [1.29, 1.82) is 0 Å². The fourth-order valence-electron chi connectivity index (χ4n) is 4.05. The molecule has 4 rings (SSSR count). The Morgan fingerprint density at radius 3 is 2.28 bits per heavy atom. The van der Waals surface area contributed by atoms with Gasteiger partial charge in [0, 0.05) is 69.4 Å². The summed E-state index contributed by atoms with van der Waals surface area (Å²) in [6.45, 7) is 5.26. The molecule has 3 amide bonds. The van der Waals surface area contributed by atoms with Crippen molar-refractivity contribution in [3.63, 3.8) is 0 Å². The van der Waals surface area contributed by atoms with Crippen LogP contribution < -0.4 is 4.90 Å². The summed E-state index contributed by atoms with van der Waals surface area (Å²) in [5.74, 6) is -0.918. The van der Waals surface area contributed by atoms with Crippen LogP contribution in [0.3, 0.4) is 0 Å². The molecule has 0 atom stereocenters. The molecule has 0 spiro atoms. The number of halogens is 1. The van der Waals surface area contributed by atoms with Gasteiger partial charge in [-0.15, -0.1) is 5.06 Å². The molecule has 0 unspecified atom stereocenters. The Bertz CT molecular complexity index is 788. The first-order valence-electron chi connectivity index (χ1n) is 10.1. The first-order chi connectivity index (χ1) is 14.0. The largest absolute Gasteiger partial charge is 0.434 e. The molecule has 0 aliphatic carbocycles. The molecule has 1 aromatic rings. The molecule has 8 nitrogen and oxygen atoms in total. The number of benzene rings is 1. The van der Waals surface area contributed by atoms with Gasteiger partial charge in [-0.2, -0.15) is 0 Å². The molecule has 0 N–H and O–H groups in total. The Balaban J connectivity index is 1.33. The number of hydroxylamine groups is 2. The van der Waals surface area contributed by atoms with Crippen LogP contribution in [0.5, 0.6) is 0 Å². The number of hydrogen-bond donors (Lipinski definition) is 0. The maximum Gasteiger partial charge on any atom is 0.434 e. The predicted octanol–water partition coefficient (Wildman–Crippen LogP) is 2.26. The number of amides is 3. The fraction of sp³-hybridized carbons (Fsp3) is 0.550. The average molecular weight is 421 g/mol. The average Bonchev–Trinajstić information content (AvgIpc) is 3.36. The van der Waals surface area contributed by atoms with Gasteiger partial charge in [0.25, 0.3) is 11.8 Å². The summed E-state index contributed by atoms with van der Waals surface area (Å²) in [4.78, 5) is 46.7. The van der Waals surface area contributed by atoms with E-state index in [9.17, 15) is 14.4 Å². The Labute approximate surface area is 174 Å². The number of imide groups is 1. The van der Waals surface area contributed by atoms with Crippen LogP contribution in [-0.4, -0.2) is 72.0 Å². The van der Waals surface area contributed by atoms with Gasteiger partial charge in [0.2, 0.25) is 0 Å². The van der Waals surface area contributed by atoms with Crippen molar-refractivity contribution >= 4 is 35.2 Å². The van der Waals surface area contributed by atoms with Crippen LogP contribution in [0.25, 0.3) is 0 Å². The highest BCUT2D eigenvalue weighted by molar-refractivity contribution is 6.30. The molecule has 0 radical (unpaired) electrons. The Kier molecular flexibility index (Phi) is 5.91.